The monoisotopic (exact) mass is 799 g/mol. The van der Waals surface area contributed by atoms with Gasteiger partial charge in [-0.3, -0.25) is 9.36 Å². The fourth-order valence-corrected chi connectivity index (χ4v) is 8.54. The molecule has 0 aliphatic carbocycles. The zero-order valence-corrected chi connectivity index (χ0v) is 34.8. The third-order valence-corrected chi connectivity index (χ3v) is 11.7. The number of hydrogen-bond acceptors (Lipinski definition) is 11. The summed E-state index contributed by atoms with van der Waals surface area (Å²) < 4.78 is 41.6. The van der Waals surface area contributed by atoms with Gasteiger partial charge in [0.15, 0.2) is 6.23 Å². The van der Waals surface area contributed by atoms with E-state index in [-0.39, 0.29) is 49.4 Å². The van der Waals surface area contributed by atoms with Crippen LogP contribution in [0, 0.1) is 17.2 Å². The van der Waals surface area contributed by atoms with E-state index in [4.69, 9.17) is 28.0 Å². The number of nitrogens with zero attached hydrogens (tertiary/aromatic N) is 4. The van der Waals surface area contributed by atoms with Crippen molar-refractivity contribution in [2.24, 2.45) is 5.92 Å². The van der Waals surface area contributed by atoms with Gasteiger partial charge in [0.1, 0.15) is 29.0 Å². The number of aromatic nitrogens is 2. The minimum Gasteiger partial charge on any atom is -0.497 e. The van der Waals surface area contributed by atoms with E-state index in [2.05, 4.69) is 48.7 Å². The first kappa shape index (κ1) is 43.5. The van der Waals surface area contributed by atoms with Crippen LogP contribution in [0.25, 0.3) is 0 Å². The van der Waals surface area contributed by atoms with Gasteiger partial charge in [0.05, 0.1) is 46.0 Å². The normalized spacial score (nSPS) is 17.6. The highest BCUT2D eigenvalue weighted by Crippen LogP contribution is 2.51. The third-order valence-electron chi connectivity index (χ3n) is 9.57. The quantitative estimate of drug-likeness (QED) is 0.0563. The molecule has 0 saturated carbocycles. The van der Waals surface area contributed by atoms with Crippen molar-refractivity contribution in [3.63, 3.8) is 0 Å². The first-order valence-corrected chi connectivity index (χ1v) is 20.3. The maximum absolute atomic E-state index is 13.7. The van der Waals surface area contributed by atoms with E-state index >= 15 is 0 Å². The molecule has 304 valence electrons. The van der Waals surface area contributed by atoms with Gasteiger partial charge in [-0.1, -0.05) is 68.4 Å². The van der Waals surface area contributed by atoms with Crippen LogP contribution >= 0.6 is 8.53 Å². The van der Waals surface area contributed by atoms with Crippen molar-refractivity contribution in [1.29, 1.82) is 5.26 Å². The molecule has 5 rings (SSSR count). The minimum atomic E-state index is -1.70. The zero-order chi connectivity index (χ0) is 41.1. The molecule has 1 N–H and O–H groups in total. The number of ether oxygens (including phenoxy) is 4. The Kier molecular flexibility index (Phi) is 15.4. The molecule has 1 aliphatic heterocycles. The van der Waals surface area contributed by atoms with Gasteiger partial charge < -0.3 is 33.3 Å². The Morgan fingerprint density at radius 3 is 2.02 bits per heavy atom. The second kappa shape index (κ2) is 20.1. The van der Waals surface area contributed by atoms with Gasteiger partial charge in [-0.15, -0.1) is 0 Å². The molecule has 13 nitrogen and oxygen atoms in total. The van der Waals surface area contributed by atoms with E-state index in [9.17, 15) is 14.9 Å². The van der Waals surface area contributed by atoms with Crippen LogP contribution in [0.4, 0.5) is 5.82 Å². The molecular formula is C43H54N5O8P. The molecule has 2 heterocycles. The molecule has 1 fully saturated rings. The van der Waals surface area contributed by atoms with E-state index in [1.165, 1.54) is 4.57 Å². The van der Waals surface area contributed by atoms with E-state index in [1.807, 2.05) is 78.9 Å². The summed E-state index contributed by atoms with van der Waals surface area (Å²) >= 11 is 0. The number of hydrogen-bond donors (Lipinski definition) is 1. The Hall–Kier alpha value is -4.67. The zero-order valence-electron chi connectivity index (χ0n) is 34.0. The largest absolute Gasteiger partial charge is 0.497 e. The number of rotatable bonds is 19. The molecule has 57 heavy (non-hydrogen) atoms. The Morgan fingerprint density at radius 2 is 1.51 bits per heavy atom. The molecule has 1 amide bonds. The van der Waals surface area contributed by atoms with Gasteiger partial charge in [-0.2, -0.15) is 10.2 Å². The van der Waals surface area contributed by atoms with Gasteiger partial charge in [-0.25, -0.2) is 9.46 Å². The summed E-state index contributed by atoms with van der Waals surface area (Å²) in [5.41, 5.74) is 0.888. The van der Waals surface area contributed by atoms with Crippen molar-refractivity contribution >= 4 is 20.3 Å². The van der Waals surface area contributed by atoms with Crippen LogP contribution < -0.4 is 20.5 Å². The molecule has 4 atom stereocenters. The first-order chi connectivity index (χ1) is 27.4. The third kappa shape index (κ3) is 10.4. The van der Waals surface area contributed by atoms with Crippen molar-refractivity contribution in [2.75, 3.05) is 32.8 Å². The van der Waals surface area contributed by atoms with Gasteiger partial charge in [0.2, 0.25) is 5.91 Å². The Bertz CT molecular complexity index is 1930. The van der Waals surface area contributed by atoms with Crippen LogP contribution in [0.3, 0.4) is 0 Å². The lowest BCUT2D eigenvalue weighted by Crippen LogP contribution is -2.37. The first-order valence-electron chi connectivity index (χ1n) is 19.2. The number of carbonyl (C=O) groups excluding carboxylic acids is 1. The highest BCUT2D eigenvalue weighted by atomic mass is 31.2. The summed E-state index contributed by atoms with van der Waals surface area (Å²) in [5, 5.41) is 12.0. The van der Waals surface area contributed by atoms with Crippen molar-refractivity contribution in [3.05, 3.63) is 118 Å². The molecule has 0 bridgehead atoms. The maximum Gasteiger partial charge on any atom is 0.351 e. The molecule has 1 aromatic heterocycles. The second-order valence-electron chi connectivity index (χ2n) is 14.5. The highest BCUT2D eigenvalue weighted by Gasteiger charge is 2.45. The maximum atomic E-state index is 13.7. The minimum absolute atomic E-state index is 0.0480. The predicted molar refractivity (Wildman–Crippen MR) is 219 cm³/mol. The SMILES string of the molecule is COc1ccc(C(OC[C@@H]2C[C@@H](OP(OCCC#N)N(C(C)C)C(C)C)[C@H](n3ccc(NC(=O)C(C)C)nc3=O)O2)(c2ccccc2)c2ccc(OC)cc2)cc1. The summed E-state index contributed by atoms with van der Waals surface area (Å²) in [7, 11) is 1.56. The number of nitriles is 1. The average molecular weight is 800 g/mol. The number of anilines is 1. The smallest absolute Gasteiger partial charge is 0.351 e. The summed E-state index contributed by atoms with van der Waals surface area (Å²) in [6.07, 6.45) is -0.0840. The average Bonchev–Trinajstić information content (AvgIpc) is 3.60. The summed E-state index contributed by atoms with van der Waals surface area (Å²) in [6.45, 7) is 12.0. The van der Waals surface area contributed by atoms with Crippen molar-refractivity contribution < 1.29 is 32.8 Å². The molecule has 0 spiro atoms. The van der Waals surface area contributed by atoms with E-state index in [0.717, 1.165) is 16.7 Å². The number of nitrogens with one attached hydrogen (secondary N) is 1. The van der Waals surface area contributed by atoms with Crippen LogP contribution in [0.2, 0.25) is 0 Å². The summed E-state index contributed by atoms with van der Waals surface area (Å²) in [4.78, 5) is 30.3. The molecule has 0 radical (unpaired) electrons. The van der Waals surface area contributed by atoms with Crippen LogP contribution in [0.1, 0.15) is 77.3 Å². The number of benzene rings is 3. The van der Waals surface area contributed by atoms with Crippen molar-refractivity contribution in [2.45, 2.75) is 90.5 Å². The van der Waals surface area contributed by atoms with Crippen molar-refractivity contribution in [3.8, 4) is 17.6 Å². The lowest BCUT2D eigenvalue weighted by molar-refractivity contribution is -0.118. The van der Waals surface area contributed by atoms with Crippen LogP contribution in [0.5, 0.6) is 11.5 Å². The number of amides is 1. The van der Waals surface area contributed by atoms with Gasteiger partial charge in [-0.05, 0) is 74.7 Å². The topological polar surface area (TPSA) is 146 Å². The van der Waals surface area contributed by atoms with Gasteiger partial charge in [0.25, 0.3) is 8.53 Å². The molecule has 3 aromatic carbocycles. The fraction of sp³-hybridized carbons (Fsp3) is 0.442. The standard InChI is InChI=1S/C43H54N5O8P/c1-29(2)40(49)45-39-23-25-47(42(50)46-39)41-38(56-57(54-26-12-24-44)48(30(3)4)31(5)6)27-37(55-41)28-53-43(32-13-10-9-11-14-32,33-15-19-35(51-7)20-16-33)34-17-21-36(52-8)22-18-34/h9-11,13-23,25,29-31,37-38,41H,12,26-28H2,1-8H3,(H,45,46,49,50)/t37-,38+,41+,57?/m0/s1. The van der Waals surface area contributed by atoms with Crippen LogP contribution in [-0.4, -0.2) is 71.9 Å². The van der Waals surface area contributed by atoms with Crippen LogP contribution in [0.15, 0.2) is 95.9 Å². The van der Waals surface area contributed by atoms with E-state index in [0.29, 0.717) is 17.9 Å². The Labute approximate surface area is 336 Å². The molecular weight excluding hydrogens is 745 g/mol. The number of methoxy groups -OCH3 is 2. The Morgan fingerprint density at radius 1 is 0.930 bits per heavy atom. The van der Waals surface area contributed by atoms with Gasteiger partial charge in [0, 0.05) is 30.6 Å². The molecule has 4 aromatic rings. The lowest BCUT2D eigenvalue weighted by Gasteiger charge is -2.37. The van der Waals surface area contributed by atoms with E-state index in [1.54, 1.807) is 40.3 Å². The van der Waals surface area contributed by atoms with Crippen molar-refractivity contribution in [1.82, 2.24) is 14.2 Å². The summed E-state index contributed by atoms with van der Waals surface area (Å²) in [6, 6.07) is 29.4. The second-order valence-corrected chi connectivity index (χ2v) is 15.9. The van der Waals surface area contributed by atoms with Crippen LogP contribution in [-0.2, 0) is 28.9 Å². The molecule has 14 heteroatoms. The molecule has 1 aliphatic rings. The highest BCUT2D eigenvalue weighted by molar-refractivity contribution is 7.44. The number of carbonyl (C=O) groups is 1. The molecule has 1 unspecified atom stereocenters. The summed E-state index contributed by atoms with van der Waals surface area (Å²) in [5.74, 6) is 1.00. The predicted octanol–water partition coefficient (Wildman–Crippen LogP) is 7.81. The Balaban J connectivity index is 1.56. The molecule has 1 saturated heterocycles. The van der Waals surface area contributed by atoms with Gasteiger partial charge >= 0.3 is 5.69 Å². The lowest BCUT2D eigenvalue weighted by atomic mass is 9.80. The fourth-order valence-electron chi connectivity index (χ4n) is 6.81. The van der Waals surface area contributed by atoms with E-state index < -0.39 is 38.3 Å².